The molecule has 8 heteroatoms. The summed E-state index contributed by atoms with van der Waals surface area (Å²) in [5.74, 6) is -0.471. The fourth-order valence-electron chi connectivity index (χ4n) is 2.60. The lowest BCUT2D eigenvalue weighted by atomic mass is 10.2. The summed E-state index contributed by atoms with van der Waals surface area (Å²) in [6.45, 7) is 2.32. The number of halogens is 1. The van der Waals surface area contributed by atoms with Gasteiger partial charge in [-0.3, -0.25) is 9.78 Å². The number of nitrogens with zero attached hydrogens (tertiary/aromatic N) is 1. The molecule has 0 aliphatic carbocycles. The average Bonchev–Trinajstić information content (AvgIpc) is 2.75. The van der Waals surface area contributed by atoms with Gasteiger partial charge >= 0.3 is 6.03 Å². The Balaban J connectivity index is 1.60. The van der Waals surface area contributed by atoms with Gasteiger partial charge in [-0.2, -0.15) is 0 Å². The number of amides is 3. The van der Waals surface area contributed by atoms with E-state index in [1.54, 1.807) is 48.7 Å². The lowest BCUT2D eigenvalue weighted by molar-refractivity contribution is -0.111. The number of urea groups is 1. The molecule has 0 bridgehead atoms. The second kappa shape index (κ2) is 10.5. The first-order valence-corrected chi connectivity index (χ1v) is 9.55. The quantitative estimate of drug-likeness (QED) is 0.479. The second-order valence-electron chi connectivity index (χ2n) is 6.37. The van der Waals surface area contributed by atoms with Crippen LogP contribution in [-0.4, -0.2) is 23.5 Å². The number of hydrogen-bond donors (Lipinski definition) is 3. The van der Waals surface area contributed by atoms with E-state index in [1.165, 1.54) is 30.5 Å². The topological polar surface area (TPSA) is 92.4 Å². The van der Waals surface area contributed by atoms with E-state index in [4.69, 9.17) is 4.74 Å². The number of pyridine rings is 1. The van der Waals surface area contributed by atoms with Gasteiger partial charge in [0.15, 0.2) is 11.6 Å². The largest absolute Gasteiger partial charge is 0.453 e. The molecule has 3 aromatic rings. The first-order chi connectivity index (χ1) is 15.0. The number of anilines is 2. The molecule has 0 fully saturated rings. The van der Waals surface area contributed by atoms with Crippen LogP contribution < -0.4 is 20.7 Å². The van der Waals surface area contributed by atoms with Crippen LogP contribution in [-0.2, 0) is 4.79 Å². The number of rotatable bonds is 7. The SMILES string of the molecule is CCNC(=O)Nc1cccc(NC(=O)/C=C/c2ccc(Oc3cccnc3)c(F)c2)c1. The minimum atomic E-state index is -0.560. The maximum absolute atomic E-state index is 14.3. The van der Waals surface area contributed by atoms with Crippen molar-refractivity contribution in [2.45, 2.75) is 6.92 Å². The molecule has 1 aromatic heterocycles. The number of benzene rings is 2. The summed E-state index contributed by atoms with van der Waals surface area (Å²) in [5.41, 5.74) is 1.55. The molecule has 0 saturated heterocycles. The zero-order chi connectivity index (χ0) is 22.1. The Morgan fingerprint density at radius 3 is 2.58 bits per heavy atom. The van der Waals surface area contributed by atoms with Crippen molar-refractivity contribution in [1.29, 1.82) is 0 Å². The van der Waals surface area contributed by atoms with Crippen LogP contribution in [0.2, 0.25) is 0 Å². The molecular formula is C23H21FN4O3. The van der Waals surface area contributed by atoms with E-state index in [0.717, 1.165) is 0 Å². The normalized spacial score (nSPS) is 10.5. The van der Waals surface area contributed by atoms with Gasteiger partial charge < -0.3 is 20.7 Å². The Labute approximate surface area is 179 Å². The van der Waals surface area contributed by atoms with Crippen molar-refractivity contribution in [2.75, 3.05) is 17.2 Å². The number of ether oxygens (including phenoxy) is 1. The van der Waals surface area contributed by atoms with Crippen LogP contribution in [0.15, 0.2) is 73.1 Å². The van der Waals surface area contributed by atoms with Gasteiger partial charge in [0.25, 0.3) is 0 Å². The first kappa shape index (κ1) is 21.5. The van der Waals surface area contributed by atoms with Crippen molar-refractivity contribution in [2.24, 2.45) is 0 Å². The number of carbonyl (C=O) groups excluding carboxylic acids is 2. The summed E-state index contributed by atoms with van der Waals surface area (Å²) in [5, 5.41) is 7.98. The molecule has 0 spiro atoms. The van der Waals surface area contributed by atoms with Gasteiger partial charge in [0.05, 0.1) is 6.20 Å². The van der Waals surface area contributed by atoms with Gasteiger partial charge in [0, 0.05) is 30.2 Å². The third-order valence-corrected chi connectivity index (χ3v) is 3.97. The molecule has 1 heterocycles. The maximum atomic E-state index is 14.3. The fourth-order valence-corrected chi connectivity index (χ4v) is 2.60. The monoisotopic (exact) mass is 420 g/mol. The highest BCUT2D eigenvalue weighted by atomic mass is 19.1. The zero-order valence-corrected chi connectivity index (χ0v) is 16.8. The Bertz CT molecular complexity index is 1090. The molecule has 158 valence electrons. The molecule has 31 heavy (non-hydrogen) atoms. The standard InChI is InChI=1S/C23H21FN4O3/c1-2-26-23(30)28-18-6-3-5-17(14-18)27-22(29)11-9-16-8-10-21(20(24)13-16)31-19-7-4-12-25-15-19/h3-15H,2H2,1H3,(H,27,29)(H2,26,28,30)/b11-9+. The van der Waals surface area contributed by atoms with E-state index in [9.17, 15) is 14.0 Å². The van der Waals surface area contributed by atoms with E-state index < -0.39 is 11.7 Å². The van der Waals surface area contributed by atoms with E-state index >= 15 is 0 Å². The molecule has 0 aliphatic rings. The summed E-state index contributed by atoms with van der Waals surface area (Å²) in [6.07, 6.45) is 5.86. The highest BCUT2D eigenvalue weighted by molar-refractivity contribution is 6.02. The summed E-state index contributed by atoms with van der Waals surface area (Å²) < 4.78 is 19.7. The Hall–Kier alpha value is -4.20. The van der Waals surface area contributed by atoms with Gasteiger partial charge in [0.1, 0.15) is 5.75 Å². The Morgan fingerprint density at radius 2 is 1.87 bits per heavy atom. The average molecular weight is 420 g/mol. The van der Waals surface area contributed by atoms with Gasteiger partial charge in [0.2, 0.25) is 5.91 Å². The van der Waals surface area contributed by atoms with Crippen molar-refractivity contribution in [3.8, 4) is 11.5 Å². The number of nitrogens with one attached hydrogen (secondary N) is 3. The molecule has 2 aromatic carbocycles. The lowest BCUT2D eigenvalue weighted by Crippen LogP contribution is -2.28. The summed E-state index contributed by atoms with van der Waals surface area (Å²) >= 11 is 0. The second-order valence-corrected chi connectivity index (χ2v) is 6.37. The van der Waals surface area contributed by atoms with Crippen molar-refractivity contribution < 1.29 is 18.7 Å². The molecule has 3 amide bonds. The third-order valence-electron chi connectivity index (χ3n) is 3.97. The molecule has 3 rings (SSSR count). The highest BCUT2D eigenvalue weighted by Crippen LogP contribution is 2.25. The van der Waals surface area contributed by atoms with Crippen LogP contribution >= 0.6 is 0 Å². The van der Waals surface area contributed by atoms with E-state index in [1.807, 2.05) is 6.92 Å². The van der Waals surface area contributed by atoms with Crippen molar-refractivity contribution >= 4 is 29.4 Å². The van der Waals surface area contributed by atoms with Crippen LogP contribution in [0.1, 0.15) is 12.5 Å². The predicted octanol–water partition coefficient (Wildman–Crippen LogP) is 4.81. The van der Waals surface area contributed by atoms with Crippen molar-refractivity contribution in [3.05, 3.63) is 84.4 Å². The van der Waals surface area contributed by atoms with Crippen LogP contribution in [0.5, 0.6) is 11.5 Å². The van der Waals surface area contributed by atoms with E-state index in [2.05, 4.69) is 20.9 Å². The Kier molecular flexibility index (Phi) is 7.31. The molecule has 3 N–H and O–H groups in total. The maximum Gasteiger partial charge on any atom is 0.319 e. The first-order valence-electron chi connectivity index (χ1n) is 9.55. The molecule has 0 saturated carbocycles. The van der Waals surface area contributed by atoms with Crippen molar-refractivity contribution in [3.63, 3.8) is 0 Å². The third kappa shape index (κ3) is 6.67. The van der Waals surface area contributed by atoms with Crippen molar-refractivity contribution in [1.82, 2.24) is 10.3 Å². The zero-order valence-electron chi connectivity index (χ0n) is 16.8. The summed E-state index contributed by atoms with van der Waals surface area (Å²) in [7, 11) is 0. The Morgan fingerprint density at radius 1 is 1.06 bits per heavy atom. The number of carbonyl (C=O) groups is 2. The number of hydrogen-bond acceptors (Lipinski definition) is 4. The molecule has 0 unspecified atom stereocenters. The fraction of sp³-hybridized carbons (Fsp3) is 0.0870. The number of aromatic nitrogens is 1. The molecule has 0 atom stereocenters. The minimum Gasteiger partial charge on any atom is -0.453 e. The predicted molar refractivity (Wildman–Crippen MR) is 118 cm³/mol. The van der Waals surface area contributed by atoms with Gasteiger partial charge in [-0.1, -0.05) is 12.1 Å². The highest BCUT2D eigenvalue weighted by Gasteiger charge is 2.06. The smallest absolute Gasteiger partial charge is 0.319 e. The molecular weight excluding hydrogens is 399 g/mol. The van der Waals surface area contributed by atoms with Crippen LogP contribution in [0.3, 0.4) is 0 Å². The van der Waals surface area contributed by atoms with Gasteiger partial charge in [-0.05, 0) is 61.0 Å². The molecule has 7 nitrogen and oxygen atoms in total. The molecule has 0 radical (unpaired) electrons. The van der Waals surface area contributed by atoms with E-state index in [-0.39, 0.29) is 11.8 Å². The van der Waals surface area contributed by atoms with Gasteiger partial charge in [-0.15, -0.1) is 0 Å². The van der Waals surface area contributed by atoms with Gasteiger partial charge in [-0.25, -0.2) is 9.18 Å². The van der Waals surface area contributed by atoms with Crippen LogP contribution in [0.25, 0.3) is 6.08 Å². The van der Waals surface area contributed by atoms with Crippen LogP contribution in [0.4, 0.5) is 20.6 Å². The lowest BCUT2D eigenvalue weighted by Gasteiger charge is -2.08. The molecule has 0 aliphatic heterocycles. The van der Waals surface area contributed by atoms with Crippen LogP contribution in [0, 0.1) is 5.82 Å². The summed E-state index contributed by atoms with van der Waals surface area (Å²) in [4.78, 5) is 27.7. The van der Waals surface area contributed by atoms with E-state index in [0.29, 0.717) is 29.2 Å². The minimum absolute atomic E-state index is 0.0611. The summed E-state index contributed by atoms with van der Waals surface area (Å²) in [6, 6.07) is 14.2.